The summed E-state index contributed by atoms with van der Waals surface area (Å²) in [5, 5.41) is 0. The SMILES string of the molecule is COc1ccc(Cn2c(=O)c(F)cn([C@@H]3O[C@H](COC(=O)/C=C/c4ccccc4)[C@H]4OC(C)(C)O[C@H]43)c2=O)cc1. The Bertz CT molecular complexity index is 1510. The van der Waals surface area contributed by atoms with Crippen molar-refractivity contribution in [2.24, 2.45) is 0 Å². The average molecular weight is 553 g/mol. The molecule has 2 aliphatic heterocycles. The fourth-order valence-electron chi connectivity index (χ4n) is 4.78. The fraction of sp³-hybridized carbons (Fsp3) is 0.345. The quantitative estimate of drug-likeness (QED) is 0.310. The molecule has 0 bridgehead atoms. The Morgan fingerprint density at radius 3 is 2.45 bits per heavy atom. The predicted molar refractivity (Wildman–Crippen MR) is 141 cm³/mol. The van der Waals surface area contributed by atoms with Gasteiger partial charge in [0.05, 0.1) is 19.9 Å². The highest BCUT2D eigenvalue weighted by atomic mass is 19.1. The van der Waals surface area contributed by atoms with Crippen molar-refractivity contribution < 1.29 is 32.9 Å². The lowest BCUT2D eigenvalue weighted by Crippen LogP contribution is -2.44. The Balaban J connectivity index is 1.38. The molecule has 11 heteroatoms. The van der Waals surface area contributed by atoms with Gasteiger partial charge < -0.3 is 23.7 Å². The number of halogens is 1. The topological polar surface area (TPSA) is 107 Å². The zero-order valence-corrected chi connectivity index (χ0v) is 22.2. The van der Waals surface area contributed by atoms with Crippen molar-refractivity contribution in [2.45, 2.75) is 50.7 Å². The lowest BCUT2D eigenvalue weighted by molar-refractivity contribution is -0.202. The van der Waals surface area contributed by atoms with E-state index in [-0.39, 0.29) is 13.2 Å². The maximum absolute atomic E-state index is 14.8. The highest BCUT2D eigenvalue weighted by Crippen LogP contribution is 2.42. The van der Waals surface area contributed by atoms with E-state index in [9.17, 15) is 18.8 Å². The first-order valence-electron chi connectivity index (χ1n) is 12.7. The summed E-state index contributed by atoms with van der Waals surface area (Å²) in [5.74, 6) is -2.16. The van der Waals surface area contributed by atoms with E-state index in [1.165, 1.54) is 13.2 Å². The standard InChI is InChI=1S/C29H29FN2O8/c1-29(2)39-24-22(17-37-23(33)14-11-18-7-5-4-6-8-18)38-27(25(24)40-29)32-16-21(30)26(34)31(28(32)35)15-19-9-12-20(36-3)13-10-19/h4-14,16,22,24-25,27H,15,17H2,1-3H3/b14-11+/t22-,24-,25-,27-/m1/s1. The van der Waals surface area contributed by atoms with Crippen molar-refractivity contribution >= 4 is 12.0 Å². The van der Waals surface area contributed by atoms with E-state index in [0.29, 0.717) is 11.3 Å². The molecule has 210 valence electrons. The van der Waals surface area contributed by atoms with Gasteiger partial charge in [-0.1, -0.05) is 42.5 Å². The summed E-state index contributed by atoms with van der Waals surface area (Å²) in [6.07, 6.45) is 0.219. The summed E-state index contributed by atoms with van der Waals surface area (Å²) in [5.41, 5.74) is -0.427. The first-order chi connectivity index (χ1) is 19.1. The molecular weight excluding hydrogens is 523 g/mol. The van der Waals surface area contributed by atoms with Gasteiger partial charge in [-0.25, -0.2) is 9.59 Å². The zero-order chi connectivity index (χ0) is 28.4. The number of nitrogens with zero attached hydrogens (tertiary/aromatic N) is 2. The molecule has 10 nitrogen and oxygen atoms in total. The number of aromatic nitrogens is 2. The van der Waals surface area contributed by atoms with Crippen LogP contribution in [0.4, 0.5) is 4.39 Å². The normalized spacial score (nSPS) is 23.3. The zero-order valence-electron chi connectivity index (χ0n) is 22.2. The van der Waals surface area contributed by atoms with Gasteiger partial charge in [0.2, 0.25) is 5.82 Å². The number of esters is 1. The molecule has 4 atom stereocenters. The van der Waals surface area contributed by atoms with Crippen molar-refractivity contribution in [3.63, 3.8) is 0 Å². The maximum Gasteiger partial charge on any atom is 0.333 e. The summed E-state index contributed by atoms with van der Waals surface area (Å²) in [7, 11) is 1.52. The van der Waals surface area contributed by atoms with Crippen molar-refractivity contribution in [3.8, 4) is 5.75 Å². The summed E-state index contributed by atoms with van der Waals surface area (Å²) in [6.45, 7) is 3.03. The second kappa shape index (κ2) is 11.2. The molecule has 2 fully saturated rings. The molecule has 0 spiro atoms. The summed E-state index contributed by atoms with van der Waals surface area (Å²) < 4.78 is 45.2. The number of carbonyl (C=O) groups is 1. The molecule has 2 aliphatic rings. The Labute approximate surface area is 229 Å². The van der Waals surface area contributed by atoms with Gasteiger partial charge in [0.25, 0.3) is 5.56 Å². The van der Waals surface area contributed by atoms with E-state index in [2.05, 4.69) is 0 Å². The van der Waals surface area contributed by atoms with Crippen molar-refractivity contribution in [1.82, 2.24) is 9.13 Å². The molecule has 0 N–H and O–H groups in total. The number of rotatable bonds is 8. The third kappa shape index (κ3) is 5.76. The van der Waals surface area contributed by atoms with E-state index in [1.54, 1.807) is 44.2 Å². The number of benzene rings is 2. The van der Waals surface area contributed by atoms with E-state index in [1.807, 2.05) is 30.3 Å². The first kappa shape index (κ1) is 27.5. The molecule has 0 radical (unpaired) electrons. The van der Waals surface area contributed by atoms with Crippen molar-refractivity contribution in [1.29, 1.82) is 0 Å². The number of hydrogen-bond acceptors (Lipinski definition) is 8. The van der Waals surface area contributed by atoms with Crippen LogP contribution in [-0.2, 0) is 30.3 Å². The molecule has 40 heavy (non-hydrogen) atoms. The molecule has 5 rings (SSSR count). The Morgan fingerprint density at radius 2 is 1.75 bits per heavy atom. The van der Waals surface area contributed by atoms with Crippen LogP contribution in [0, 0.1) is 5.82 Å². The molecule has 0 amide bonds. The molecule has 2 saturated heterocycles. The Morgan fingerprint density at radius 1 is 1.05 bits per heavy atom. The van der Waals surface area contributed by atoms with Crippen molar-refractivity contribution in [3.05, 3.63) is 105 Å². The largest absolute Gasteiger partial charge is 0.497 e. The van der Waals surface area contributed by atoms with Gasteiger partial charge in [-0.15, -0.1) is 0 Å². The van der Waals surface area contributed by atoms with E-state index in [4.69, 9.17) is 23.7 Å². The fourth-order valence-corrected chi connectivity index (χ4v) is 4.78. The summed E-state index contributed by atoms with van der Waals surface area (Å²) >= 11 is 0. The van der Waals surface area contributed by atoms with E-state index in [0.717, 1.165) is 20.9 Å². The maximum atomic E-state index is 14.8. The molecular formula is C29H29FN2O8. The molecule has 0 saturated carbocycles. The molecule has 2 aromatic carbocycles. The molecule has 3 heterocycles. The molecule has 1 aromatic heterocycles. The lowest BCUT2D eigenvalue weighted by atomic mass is 10.1. The van der Waals surface area contributed by atoms with Crippen LogP contribution in [0.15, 0.2) is 76.5 Å². The van der Waals surface area contributed by atoms with Crippen molar-refractivity contribution in [2.75, 3.05) is 13.7 Å². The van der Waals surface area contributed by atoms with Crippen LogP contribution in [0.25, 0.3) is 6.08 Å². The van der Waals surface area contributed by atoms with Crippen LogP contribution in [0.1, 0.15) is 31.2 Å². The Kier molecular flexibility index (Phi) is 7.70. The molecule has 3 aromatic rings. The second-order valence-corrected chi connectivity index (χ2v) is 9.91. The highest BCUT2D eigenvalue weighted by Gasteiger charge is 2.56. The minimum Gasteiger partial charge on any atom is -0.497 e. The van der Waals surface area contributed by atoms with Crippen LogP contribution in [0.5, 0.6) is 5.75 Å². The third-order valence-corrected chi connectivity index (χ3v) is 6.65. The van der Waals surface area contributed by atoms with Crippen LogP contribution in [0.2, 0.25) is 0 Å². The first-order valence-corrected chi connectivity index (χ1v) is 12.7. The summed E-state index contributed by atoms with van der Waals surface area (Å²) in [4.78, 5) is 38.4. The monoisotopic (exact) mass is 552 g/mol. The number of methoxy groups -OCH3 is 1. The minimum absolute atomic E-state index is 0.169. The molecule has 0 unspecified atom stereocenters. The van der Waals surface area contributed by atoms with Gasteiger partial charge in [0, 0.05) is 6.08 Å². The van der Waals surface area contributed by atoms with Crippen LogP contribution >= 0.6 is 0 Å². The van der Waals surface area contributed by atoms with E-state index < -0.39 is 53.4 Å². The number of ether oxygens (including phenoxy) is 5. The smallest absolute Gasteiger partial charge is 0.333 e. The predicted octanol–water partition coefficient (Wildman–Crippen LogP) is 2.88. The second-order valence-electron chi connectivity index (χ2n) is 9.91. The lowest BCUT2D eigenvalue weighted by Gasteiger charge is -2.25. The number of fused-ring (bicyclic) bond motifs is 1. The van der Waals surface area contributed by atoms with Gasteiger partial charge in [-0.2, -0.15) is 4.39 Å². The highest BCUT2D eigenvalue weighted by molar-refractivity contribution is 5.87. The van der Waals surface area contributed by atoms with Gasteiger partial charge in [-0.05, 0) is 43.2 Å². The Hall–Kier alpha value is -4.06. The van der Waals surface area contributed by atoms with Crippen LogP contribution < -0.4 is 16.0 Å². The molecule has 0 aliphatic carbocycles. The minimum atomic E-state index is -1.14. The van der Waals surface area contributed by atoms with Gasteiger partial charge in [0.1, 0.15) is 30.7 Å². The third-order valence-electron chi connectivity index (χ3n) is 6.65. The number of carbonyl (C=O) groups excluding carboxylic acids is 1. The van der Waals surface area contributed by atoms with Gasteiger partial charge >= 0.3 is 11.7 Å². The van der Waals surface area contributed by atoms with Gasteiger partial charge in [0.15, 0.2) is 12.0 Å². The average Bonchev–Trinajstić information content (AvgIpc) is 3.44. The van der Waals surface area contributed by atoms with Crippen LogP contribution in [-0.4, -0.2) is 52.9 Å². The van der Waals surface area contributed by atoms with Crippen LogP contribution in [0.3, 0.4) is 0 Å². The van der Waals surface area contributed by atoms with Gasteiger partial charge in [-0.3, -0.25) is 13.9 Å². The van der Waals surface area contributed by atoms with E-state index >= 15 is 0 Å². The number of hydrogen-bond donors (Lipinski definition) is 0. The summed E-state index contributed by atoms with van der Waals surface area (Å²) in [6, 6.07) is 16.0.